The number of aromatic carboxylic acids is 1. The molecule has 0 aliphatic heterocycles. The van der Waals surface area contributed by atoms with Crippen molar-refractivity contribution in [2.24, 2.45) is 0 Å². The van der Waals surface area contributed by atoms with Gasteiger partial charge in [0.25, 0.3) is 0 Å². The van der Waals surface area contributed by atoms with Gasteiger partial charge in [0.1, 0.15) is 0 Å². The van der Waals surface area contributed by atoms with Crippen LogP contribution in [0, 0.1) is 0 Å². The number of carbonyl (C=O) groups is 1. The first-order valence-corrected chi connectivity index (χ1v) is 7.57. The number of methoxy groups -OCH3 is 1. The summed E-state index contributed by atoms with van der Waals surface area (Å²) >= 11 is 11.5. The lowest BCUT2D eigenvalue weighted by atomic mass is 10.2. The van der Waals surface area contributed by atoms with E-state index < -0.39 is 21.9 Å². The normalized spacial score (nSPS) is 13.3. The zero-order valence-corrected chi connectivity index (χ0v) is 12.5. The van der Waals surface area contributed by atoms with E-state index in [0.29, 0.717) is 0 Å². The molecule has 1 N–H and O–H groups in total. The predicted octanol–water partition coefficient (Wildman–Crippen LogP) is 2.50. The molecular formula is C11H12Cl2O5S. The number of hydrogen-bond acceptors (Lipinski definition) is 4. The predicted molar refractivity (Wildman–Crippen MR) is 71.9 cm³/mol. The first-order chi connectivity index (χ1) is 8.69. The summed E-state index contributed by atoms with van der Waals surface area (Å²) < 4.78 is 29.1. The van der Waals surface area contributed by atoms with Gasteiger partial charge < -0.3 is 9.84 Å². The summed E-state index contributed by atoms with van der Waals surface area (Å²) in [6.45, 7) is 1.58. The second kappa shape index (κ2) is 6.09. The Morgan fingerprint density at radius 3 is 2.42 bits per heavy atom. The molecule has 0 heterocycles. The van der Waals surface area contributed by atoms with Crippen LogP contribution in [-0.2, 0) is 14.6 Å². The summed E-state index contributed by atoms with van der Waals surface area (Å²) in [6, 6.07) is 2.07. The molecule has 0 radical (unpaired) electrons. The van der Waals surface area contributed by atoms with Crippen molar-refractivity contribution in [1.29, 1.82) is 0 Å². The molecule has 1 rings (SSSR count). The minimum absolute atomic E-state index is 0.113. The van der Waals surface area contributed by atoms with Gasteiger partial charge in [-0.2, -0.15) is 0 Å². The van der Waals surface area contributed by atoms with Crippen LogP contribution in [-0.4, -0.2) is 38.5 Å². The largest absolute Gasteiger partial charge is 0.478 e. The van der Waals surface area contributed by atoms with Crippen molar-refractivity contribution >= 4 is 39.0 Å². The van der Waals surface area contributed by atoms with Crippen molar-refractivity contribution in [1.82, 2.24) is 0 Å². The van der Waals surface area contributed by atoms with E-state index >= 15 is 0 Å². The fourth-order valence-electron chi connectivity index (χ4n) is 1.40. The number of halogens is 2. The van der Waals surface area contributed by atoms with Crippen LogP contribution in [0.5, 0.6) is 0 Å². The average molecular weight is 327 g/mol. The summed E-state index contributed by atoms with van der Waals surface area (Å²) in [5, 5.41) is 8.70. The van der Waals surface area contributed by atoms with Gasteiger partial charge in [0.2, 0.25) is 0 Å². The maximum Gasteiger partial charge on any atom is 0.337 e. The Hall–Kier alpha value is -0.820. The van der Waals surface area contributed by atoms with Crippen molar-refractivity contribution < 1.29 is 23.1 Å². The van der Waals surface area contributed by atoms with E-state index in [1.165, 1.54) is 7.11 Å². The fourth-order valence-corrected chi connectivity index (χ4v) is 3.80. The Morgan fingerprint density at radius 2 is 1.95 bits per heavy atom. The Bertz CT molecular complexity index is 597. The molecule has 0 fully saturated rings. The van der Waals surface area contributed by atoms with Crippen LogP contribution in [0.2, 0.25) is 10.0 Å². The molecule has 0 saturated carbocycles. The number of sulfone groups is 1. The Labute approximate surface area is 121 Å². The minimum atomic E-state index is -3.75. The highest BCUT2D eigenvalue weighted by Crippen LogP contribution is 2.29. The molecular weight excluding hydrogens is 315 g/mol. The van der Waals surface area contributed by atoms with Gasteiger partial charge in [-0.05, 0) is 19.1 Å². The third kappa shape index (κ3) is 3.82. The molecule has 1 atom stereocenters. The number of carboxylic acids is 1. The Balaban J connectivity index is 3.34. The van der Waals surface area contributed by atoms with Gasteiger partial charge in [0.15, 0.2) is 9.84 Å². The van der Waals surface area contributed by atoms with Crippen LogP contribution >= 0.6 is 23.2 Å². The van der Waals surface area contributed by atoms with E-state index in [1.54, 1.807) is 6.92 Å². The van der Waals surface area contributed by atoms with Gasteiger partial charge in [-0.25, -0.2) is 13.2 Å². The average Bonchev–Trinajstić information content (AvgIpc) is 2.27. The van der Waals surface area contributed by atoms with E-state index in [-0.39, 0.29) is 26.3 Å². The molecule has 0 aliphatic carbocycles. The number of rotatable bonds is 5. The molecule has 0 amide bonds. The molecule has 1 unspecified atom stereocenters. The highest BCUT2D eigenvalue weighted by molar-refractivity contribution is 7.91. The lowest BCUT2D eigenvalue weighted by molar-refractivity contribution is 0.0697. The first kappa shape index (κ1) is 16.2. The Morgan fingerprint density at radius 1 is 1.37 bits per heavy atom. The third-order valence-electron chi connectivity index (χ3n) is 2.44. The molecule has 1 aromatic rings. The molecule has 1 aromatic carbocycles. The van der Waals surface area contributed by atoms with Crippen LogP contribution in [0.4, 0.5) is 0 Å². The van der Waals surface area contributed by atoms with Gasteiger partial charge in [-0.15, -0.1) is 0 Å². The highest BCUT2D eigenvalue weighted by atomic mass is 35.5. The molecule has 5 nitrogen and oxygen atoms in total. The maximum atomic E-state index is 12.1. The zero-order valence-electron chi connectivity index (χ0n) is 10.2. The number of hydrogen-bond donors (Lipinski definition) is 1. The van der Waals surface area contributed by atoms with E-state index in [2.05, 4.69) is 0 Å². The topological polar surface area (TPSA) is 80.7 Å². The monoisotopic (exact) mass is 326 g/mol. The van der Waals surface area contributed by atoms with Gasteiger partial charge in [0, 0.05) is 7.11 Å². The third-order valence-corrected chi connectivity index (χ3v) is 5.10. The summed E-state index contributed by atoms with van der Waals surface area (Å²) in [6.07, 6.45) is -0.537. The van der Waals surface area contributed by atoms with Gasteiger partial charge in [-0.3, -0.25) is 0 Å². The van der Waals surface area contributed by atoms with Gasteiger partial charge in [-0.1, -0.05) is 23.2 Å². The number of carboxylic acid groups (broad SMARTS) is 1. The quantitative estimate of drug-likeness (QED) is 0.899. The lowest BCUT2D eigenvalue weighted by Gasteiger charge is -2.12. The molecule has 0 bridgehead atoms. The molecule has 8 heteroatoms. The van der Waals surface area contributed by atoms with Crippen LogP contribution in [0.1, 0.15) is 17.3 Å². The summed E-state index contributed by atoms with van der Waals surface area (Å²) in [5.74, 6) is -1.62. The minimum Gasteiger partial charge on any atom is -0.478 e. The molecule has 19 heavy (non-hydrogen) atoms. The lowest BCUT2D eigenvalue weighted by Crippen LogP contribution is -2.20. The maximum absolute atomic E-state index is 12.1. The number of ether oxygens (including phenoxy) is 1. The molecule has 0 aromatic heterocycles. The summed E-state index contributed by atoms with van der Waals surface area (Å²) in [5.41, 5.74) is -0.310. The van der Waals surface area contributed by atoms with E-state index in [0.717, 1.165) is 12.1 Å². The standard InChI is InChI=1S/C11H12Cl2O5S/c1-6(18-2)5-19(16,17)10-3-7(11(14)15)8(12)4-9(10)13/h3-4,6H,5H2,1-2H3,(H,14,15). The van der Waals surface area contributed by atoms with Crippen molar-refractivity contribution in [3.63, 3.8) is 0 Å². The van der Waals surface area contributed by atoms with Gasteiger partial charge >= 0.3 is 5.97 Å². The number of benzene rings is 1. The smallest absolute Gasteiger partial charge is 0.337 e. The van der Waals surface area contributed by atoms with E-state index in [9.17, 15) is 13.2 Å². The SMILES string of the molecule is COC(C)CS(=O)(=O)c1cc(C(=O)O)c(Cl)cc1Cl. The Kier molecular flexibility index (Phi) is 5.20. The molecule has 0 saturated heterocycles. The second-order valence-electron chi connectivity index (χ2n) is 3.90. The van der Waals surface area contributed by atoms with Crippen LogP contribution in [0.15, 0.2) is 17.0 Å². The van der Waals surface area contributed by atoms with E-state index in [1.807, 2.05) is 0 Å². The van der Waals surface area contributed by atoms with Crippen molar-refractivity contribution in [2.45, 2.75) is 17.9 Å². The molecule has 0 aliphatic rings. The van der Waals surface area contributed by atoms with Crippen LogP contribution in [0.3, 0.4) is 0 Å². The fraction of sp³-hybridized carbons (Fsp3) is 0.364. The summed E-state index contributed by atoms with van der Waals surface area (Å²) in [4.78, 5) is 10.7. The van der Waals surface area contributed by atoms with Crippen molar-refractivity contribution in [3.8, 4) is 0 Å². The van der Waals surface area contributed by atoms with Gasteiger partial charge in [0.05, 0.1) is 32.4 Å². The van der Waals surface area contributed by atoms with Crippen molar-refractivity contribution in [2.75, 3.05) is 12.9 Å². The highest BCUT2D eigenvalue weighted by Gasteiger charge is 2.24. The first-order valence-electron chi connectivity index (χ1n) is 5.17. The van der Waals surface area contributed by atoms with Crippen LogP contribution in [0.25, 0.3) is 0 Å². The molecule has 0 spiro atoms. The zero-order chi connectivity index (χ0) is 14.8. The van der Waals surface area contributed by atoms with E-state index in [4.69, 9.17) is 33.0 Å². The summed E-state index contributed by atoms with van der Waals surface area (Å²) in [7, 11) is -2.37. The molecule has 106 valence electrons. The van der Waals surface area contributed by atoms with Crippen LogP contribution < -0.4 is 0 Å². The van der Waals surface area contributed by atoms with Crippen molar-refractivity contribution in [3.05, 3.63) is 27.7 Å². The second-order valence-corrected chi connectivity index (χ2v) is 6.71.